The summed E-state index contributed by atoms with van der Waals surface area (Å²) in [6, 6.07) is 12.7. The van der Waals surface area contributed by atoms with Gasteiger partial charge in [0.2, 0.25) is 5.56 Å². The molecule has 2 aliphatic carbocycles. The molecule has 2 bridgehead atoms. The molecule has 0 radical (unpaired) electrons. The van der Waals surface area contributed by atoms with E-state index in [0.717, 1.165) is 17.7 Å². The molecule has 0 saturated carbocycles. The summed E-state index contributed by atoms with van der Waals surface area (Å²) in [6.45, 7) is 4.14. The van der Waals surface area contributed by atoms with Crippen LogP contribution in [0.5, 0.6) is 0 Å². The largest absolute Gasteiger partial charge is 0.338 e. The molecule has 1 heterocycles. The molecule has 2 N–H and O–H groups in total. The van der Waals surface area contributed by atoms with E-state index < -0.39 is 5.54 Å². The summed E-state index contributed by atoms with van der Waals surface area (Å²) in [6.07, 6.45) is 5.84. The summed E-state index contributed by atoms with van der Waals surface area (Å²) in [5.41, 5.74) is 4.30. The summed E-state index contributed by atoms with van der Waals surface area (Å²) < 4.78 is 0. The molecule has 1 amide bonds. The Morgan fingerprint density at radius 2 is 2.00 bits per heavy atom. The number of aromatic nitrogens is 1. The maximum Gasteiger partial charge on any atom is 0.252 e. The summed E-state index contributed by atoms with van der Waals surface area (Å²) in [5.74, 6) is 0.0906. The van der Waals surface area contributed by atoms with Crippen LogP contribution in [0.4, 0.5) is 0 Å². The Morgan fingerprint density at radius 3 is 2.73 bits per heavy atom. The number of carbonyl (C=O) groups excluding carboxylic acids is 1. The maximum absolute atomic E-state index is 13.0. The van der Waals surface area contributed by atoms with E-state index in [2.05, 4.69) is 29.4 Å². The Morgan fingerprint density at radius 1 is 1.23 bits per heavy atom. The van der Waals surface area contributed by atoms with Crippen molar-refractivity contribution in [3.8, 4) is 0 Å². The third-order valence-electron chi connectivity index (χ3n) is 5.48. The lowest BCUT2D eigenvalue weighted by Gasteiger charge is -2.48. The number of pyridine rings is 1. The van der Waals surface area contributed by atoms with Gasteiger partial charge in [0.05, 0.1) is 5.54 Å². The van der Waals surface area contributed by atoms with Gasteiger partial charge < -0.3 is 10.3 Å². The lowest BCUT2D eigenvalue weighted by atomic mass is 9.63. The van der Waals surface area contributed by atoms with Gasteiger partial charge in [-0.15, -0.1) is 0 Å². The van der Waals surface area contributed by atoms with Crippen LogP contribution >= 0.6 is 0 Å². The van der Waals surface area contributed by atoms with Crippen molar-refractivity contribution >= 4 is 5.91 Å². The second kappa shape index (κ2) is 6.13. The molecule has 2 atom stereocenters. The zero-order valence-corrected chi connectivity index (χ0v) is 15.0. The topological polar surface area (TPSA) is 62.0 Å². The number of H-pyrrole nitrogens is 1. The Balaban J connectivity index is 1.88. The average Bonchev–Trinajstić information content (AvgIpc) is 2.61. The van der Waals surface area contributed by atoms with E-state index in [4.69, 9.17) is 0 Å². The lowest BCUT2D eigenvalue weighted by molar-refractivity contribution is 0.0902. The molecular formula is C22H22N2O2. The van der Waals surface area contributed by atoms with E-state index in [0.29, 0.717) is 12.0 Å². The molecule has 4 nitrogen and oxygen atoms in total. The van der Waals surface area contributed by atoms with Crippen molar-refractivity contribution in [1.82, 2.24) is 10.3 Å². The fraction of sp³-hybridized carbons (Fsp3) is 0.273. The Labute approximate surface area is 152 Å². The molecule has 0 spiro atoms. The molecule has 0 aliphatic heterocycles. The lowest BCUT2D eigenvalue weighted by Crippen LogP contribution is -2.53. The van der Waals surface area contributed by atoms with Crippen molar-refractivity contribution in [3.05, 3.63) is 92.9 Å². The van der Waals surface area contributed by atoms with Gasteiger partial charge in [0.15, 0.2) is 0 Å². The molecule has 0 saturated heterocycles. The number of benzene rings is 1. The summed E-state index contributed by atoms with van der Waals surface area (Å²) in [4.78, 5) is 27.9. The smallest absolute Gasteiger partial charge is 0.252 e. The highest BCUT2D eigenvalue weighted by Crippen LogP contribution is 2.49. The first-order valence-corrected chi connectivity index (χ1v) is 8.98. The molecule has 132 valence electrons. The van der Waals surface area contributed by atoms with Gasteiger partial charge in [-0.3, -0.25) is 9.59 Å². The minimum atomic E-state index is -0.608. The zero-order chi connectivity index (χ0) is 18.3. The van der Waals surface area contributed by atoms with Gasteiger partial charge in [-0.2, -0.15) is 0 Å². The van der Waals surface area contributed by atoms with Crippen LogP contribution in [0.25, 0.3) is 0 Å². The molecule has 4 rings (SSSR count). The monoisotopic (exact) mass is 346 g/mol. The van der Waals surface area contributed by atoms with E-state index >= 15 is 0 Å². The first-order chi connectivity index (χ1) is 12.5. The molecule has 2 aliphatic rings. The predicted molar refractivity (Wildman–Crippen MR) is 102 cm³/mol. The van der Waals surface area contributed by atoms with Gasteiger partial charge in [0.25, 0.3) is 5.91 Å². The van der Waals surface area contributed by atoms with Crippen molar-refractivity contribution in [2.75, 3.05) is 0 Å². The van der Waals surface area contributed by atoms with Crippen molar-refractivity contribution in [1.29, 1.82) is 0 Å². The molecule has 4 heteroatoms. The van der Waals surface area contributed by atoms with Gasteiger partial charge >= 0.3 is 0 Å². The molecule has 26 heavy (non-hydrogen) atoms. The molecule has 1 aromatic heterocycles. The highest BCUT2D eigenvalue weighted by molar-refractivity contribution is 5.95. The quantitative estimate of drug-likeness (QED) is 0.818. The summed E-state index contributed by atoms with van der Waals surface area (Å²) in [7, 11) is 0. The third kappa shape index (κ3) is 2.53. The number of amides is 1. The van der Waals surface area contributed by atoms with E-state index in [1.54, 1.807) is 6.07 Å². The van der Waals surface area contributed by atoms with Crippen LogP contribution in [0, 0.1) is 5.92 Å². The number of aromatic amines is 1. The van der Waals surface area contributed by atoms with E-state index in [1.807, 2.05) is 43.3 Å². The normalized spacial score (nSPS) is 25.4. The number of hydrogen-bond donors (Lipinski definition) is 2. The second-order valence-electron chi connectivity index (χ2n) is 7.18. The van der Waals surface area contributed by atoms with Crippen molar-refractivity contribution in [2.24, 2.45) is 5.92 Å². The van der Waals surface area contributed by atoms with E-state index in [1.165, 1.54) is 11.1 Å². The SMILES string of the molecule is C/C=C1\[C@H]2C=C(C)C[C@]1(NC(=O)c1ccccc1)c1ccc(=O)[nH]c1C2. The van der Waals surface area contributed by atoms with Crippen molar-refractivity contribution < 1.29 is 4.79 Å². The Hall–Kier alpha value is -2.88. The van der Waals surface area contributed by atoms with Gasteiger partial charge in [-0.05, 0) is 50.5 Å². The highest BCUT2D eigenvalue weighted by Gasteiger charge is 2.47. The zero-order valence-electron chi connectivity index (χ0n) is 15.0. The number of allylic oxidation sites excluding steroid dienone is 2. The second-order valence-corrected chi connectivity index (χ2v) is 7.18. The number of carbonyl (C=O) groups is 1. The maximum atomic E-state index is 13.0. The Kier molecular flexibility index (Phi) is 3.91. The predicted octanol–water partition coefficient (Wildman–Crippen LogP) is 3.47. The average molecular weight is 346 g/mol. The van der Waals surface area contributed by atoms with Crippen LogP contribution < -0.4 is 10.9 Å². The fourth-order valence-corrected chi connectivity index (χ4v) is 4.55. The first kappa shape index (κ1) is 16.6. The van der Waals surface area contributed by atoms with Crippen LogP contribution in [0.2, 0.25) is 0 Å². The van der Waals surface area contributed by atoms with Crippen LogP contribution in [-0.4, -0.2) is 10.9 Å². The molecule has 2 aromatic rings. The standard InChI is InChI=1S/C22H22N2O2/c1-3-17-16-11-14(2)13-22(17,18-9-10-20(25)23-19(18)12-16)24-21(26)15-7-5-4-6-8-15/h3-11,16H,12-13H2,1-2H3,(H,23,25)(H,24,26)/b17-3+/t16-,22+/m0/s1. The number of fused-ring (bicyclic) bond motifs is 4. The highest BCUT2D eigenvalue weighted by atomic mass is 16.2. The minimum Gasteiger partial charge on any atom is -0.338 e. The molecular weight excluding hydrogens is 324 g/mol. The fourth-order valence-electron chi connectivity index (χ4n) is 4.55. The third-order valence-corrected chi connectivity index (χ3v) is 5.48. The number of hydrogen-bond acceptors (Lipinski definition) is 2. The van der Waals surface area contributed by atoms with Gasteiger partial charge in [0, 0.05) is 28.8 Å². The van der Waals surface area contributed by atoms with Crippen molar-refractivity contribution in [3.63, 3.8) is 0 Å². The summed E-state index contributed by atoms with van der Waals surface area (Å²) >= 11 is 0. The Bertz CT molecular complexity index is 985. The van der Waals surface area contributed by atoms with Gasteiger partial charge in [0.1, 0.15) is 0 Å². The van der Waals surface area contributed by atoms with E-state index in [-0.39, 0.29) is 17.4 Å². The first-order valence-electron chi connectivity index (χ1n) is 8.98. The molecule has 1 aromatic carbocycles. The van der Waals surface area contributed by atoms with Crippen molar-refractivity contribution in [2.45, 2.75) is 32.2 Å². The van der Waals surface area contributed by atoms with Crippen LogP contribution in [0.3, 0.4) is 0 Å². The molecule has 0 unspecified atom stereocenters. The minimum absolute atomic E-state index is 0.0996. The summed E-state index contributed by atoms with van der Waals surface area (Å²) in [5, 5.41) is 3.32. The van der Waals surface area contributed by atoms with Crippen LogP contribution in [0.1, 0.15) is 41.9 Å². The van der Waals surface area contributed by atoms with Gasteiger partial charge in [-0.1, -0.05) is 35.9 Å². The number of nitrogens with one attached hydrogen (secondary N) is 2. The van der Waals surface area contributed by atoms with E-state index in [9.17, 15) is 9.59 Å². The molecule has 0 fully saturated rings. The van der Waals surface area contributed by atoms with Crippen LogP contribution in [0.15, 0.2) is 70.6 Å². The van der Waals surface area contributed by atoms with Gasteiger partial charge in [-0.25, -0.2) is 0 Å². The van der Waals surface area contributed by atoms with Crippen LogP contribution in [-0.2, 0) is 12.0 Å². The number of rotatable bonds is 2.